The summed E-state index contributed by atoms with van der Waals surface area (Å²) in [6.07, 6.45) is 2.86. The average Bonchev–Trinajstić information content (AvgIpc) is 3.35. The van der Waals surface area contributed by atoms with Crippen molar-refractivity contribution in [1.82, 2.24) is 20.3 Å². The van der Waals surface area contributed by atoms with E-state index in [-0.39, 0.29) is 35.0 Å². The minimum Gasteiger partial charge on any atom is -0.462 e. The Morgan fingerprint density at radius 2 is 2.23 bits per heavy atom. The number of aryl methyl sites for hydroxylation is 1. The summed E-state index contributed by atoms with van der Waals surface area (Å²) in [7, 11) is 0. The first kappa shape index (κ1) is 22.5. The summed E-state index contributed by atoms with van der Waals surface area (Å²) in [5.74, 6) is -0.491. The summed E-state index contributed by atoms with van der Waals surface area (Å²) in [5, 5.41) is 4.04. The van der Waals surface area contributed by atoms with Gasteiger partial charge in [0.15, 0.2) is 16.1 Å². The van der Waals surface area contributed by atoms with Crippen molar-refractivity contribution >= 4 is 39.9 Å². The minimum atomic E-state index is -0.366. The van der Waals surface area contributed by atoms with E-state index in [9.17, 15) is 9.59 Å². The van der Waals surface area contributed by atoms with Crippen molar-refractivity contribution in [2.75, 3.05) is 31.2 Å². The molecule has 0 radical (unpaired) electrons. The number of carbonyl (C=O) groups excluding carboxylic acids is 2. The Balaban J connectivity index is 1.67. The predicted octanol–water partition coefficient (Wildman–Crippen LogP) is 2.81. The number of halogens is 1. The van der Waals surface area contributed by atoms with Crippen molar-refractivity contribution < 1.29 is 19.1 Å². The van der Waals surface area contributed by atoms with Gasteiger partial charge in [-0.15, -0.1) is 0 Å². The number of esters is 1. The number of carbonyl (C=O) groups is 2. The molecule has 1 amide bonds. The summed E-state index contributed by atoms with van der Waals surface area (Å²) in [6, 6.07) is -0.172. The monoisotopic (exact) mass is 455 g/mol. The Labute approximate surface area is 184 Å². The smallest absolute Gasteiger partial charge is 0.350 e. The number of aromatic amines is 1. The molecular weight excluding hydrogens is 430 g/mol. The molecule has 1 fully saturated rings. The summed E-state index contributed by atoms with van der Waals surface area (Å²) < 4.78 is 11.1. The lowest BCUT2D eigenvalue weighted by molar-refractivity contribution is 0.0204. The topological polar surface area (TPSA) is 109 Å². The number of hydrogen-bond donors (Lipinski definition) is 2. The second-order valence-corrected chi connectivity index (χ2v) is 8.32. The number of hydrogen-bond acceptors (Lipinski definition) is 8. The standard InChI is InChI=1S/C19H26ClN5O4S/c1-4-8-29-13-10-25(19-21-9-14(30-19)18(27)28-5-2)7-6-12(13)23-17(26)16-22-11(3)15(20)24-16/h9,12-13H,4-8,10H2,1-3H3,(H,22,24)(H,23,26)/t12-,13+/m0/s1. The van der Waals surface area contributed by atoms with Gasteiger partial charge < -0.3 is 24.7 Å². The third kappa shape index (κ3) is 5.30. The molecule has 2 aromatic rings. The fraction of sp³-hybridized carbons (Fsp3) is 0.579. The highest BCUT2D eigenvalue weighted by Crippen LogP contribution is 2.27. The zero-order valence-electron chi connectivity index (χ0n) is 17.2. The SMILES string of the molecule is CCCO[C@@H]1CN(c2ncc(C(=O)OCC)s2)CC[C@@H]1NC(=O)c1nc(Cl)c(C)[nH]1. The molecule has 0 spiro atoms. The maximum absolute atomic E-state index is 12.6. The predicted molar refractivity (Wildman–Crippen MR) is 115 cm³/mol. The van der Waals surface area contributed by atoms with Gasteiger partial charge >= 0.3 is 5.97 Å². The van der Waals surface area contributed by atoms with E-state index in [1.807, 2.05) is 6.92 Å². The Morgan fingerprint density at radius 1 is 1.43 bits per heavy atom. The molecular formula is C19H26ClN5O4S. The number of amides is 1. The molecule has 1 aliphatic rings. The van der Waals surface area contributed by atoms with Crippen LogP contribution in [0.1, 0.15) is 52.7 Å². The Hall–Kier alpha value is -2.17. The first-order valence-corrected chi connectivity index (χ1v) is 11.1. The third-order valence-electron chi connectivity index (χ3n) is 4.69. The number of aromatic nitrogens is 3. The van der Waals surface area contributed by atoms with E-state index in [2.05, 4.69) is 25.2 Å². The van der Waals surface area contributed by atoms with Crippen molar-refractivity contribution in [3.05, 3.63) is 27.7 Å². The lowest BCUT2D eigenvalue weighted by atomic mass is 10.0. The highest BCUT2D eigenvalue weighted by molar-refractivity contribution is 7.17. The van der Waals surface area contributed by atoms with Crippen LogP contribution in [-0.2, 0) is 9.47 Å². The molecule has 0 bridgehead atoms. The van der Waals surface area contributed by atoms with Crippen molar-refractivity contribution in [2.24, 2.45) is 0 Å². The maximum atomic E-state index is 12.6. The molecule has 0 aliphatic carbocycles. The van der Waals surface area contributed by atoms with Crippen LogP contribution in [0.15, 0.2) is 6.20 Å². The van der Waals surface area contributed by atoms with E-state index in [4.69, 9.17) is 21.1 Å². The zero-order valence-corrected chi connectivity index (χ0v) is 18.8. The average molecular weight is 456 g/mol. The number of thiazole rings is 1. The van der Waals surface area contributed by atoms with E-state index < -0.39 is 0 Å². The highest BCUT2D eigenvalue weighted by atomic mass is 35.5. The molecule has 1 saturated heterocycles. The van der Waals surface area contributed by atoms with Crippen LogP contribution in [0.5, 0.6) is 0 Å². The van der Waals surface area contributed by atoms with Crippen LogP contribution in [0.3, 0.4) is 0 Å². The number of rotatable bonds is 8. The van der Waals surface area contributed by atoms with Crippen LogP contribution in [0.4, 0.5) is 5.13 Å². The van der Waals surface area contributed by atoms with Gasteiger partial charge in [0.2, 0.25) is 0 Å². The van der Waals surface area contributed by atoms with Crippen LogP contribution in [0.25, 0.3) is 0 Å². The molecule has 3 rings (SSSR count). The molecule has 164 valence electrons. The van der Waals surface area contributed by atoms with Gasteiger partial charge in [-0.25, -0.2) is 14.8 Å². The number of anilines is 1. The fourth-order valence-corrected chi connectivity index (χ4v) is 4.16. The Kier molecular flexibility index (Phi) is 7.68. The normalized spacial score (nSPS) is 19.0. The molecule has 9 nitrogen and oxygen atoms in total. The minimum absolute atomic E-state index is 0.172. The van der Waals surface area contributed by atoms with Crippen molar-refractivity contribution in [1.29, 1.82) is 0 Å². The fourth-order valence-electron chi connectivity index (χ4n) is 3.18. The van der Waals surface area contributed by atoms with Gasteiger partial charge in [-0.05, 0) is 26.7 Å². The quantitative estimate of drug-likeness (QED) is 0.589. The van der Waals surface area contributed by atoms with Gasteiger partial charge in [-0.2, -0.15) is 0 Å². The van der Waals surface area contributed by atoms with Gasteiger partial charge in [-0.1, -0.05) is 29.9 Å². The van der Waals surface area contributed by atoms with E-state index in [1.54, 1.807) is 13.8 Å². The lowest BCUT2D eigenvalue weighted by Crippen LogP contribution is -2.55. The van der Waals surface area contributed by atoms with Crippen LogP contribution >= 0.6 is 22.9 Å². The van der Waals surface area contributed by atoms with Gasteiger partial charge in [0.25, 0.3) is 5.91 Å². The number of nitrogens with one attached hydrogen (secondary N) is 2. The molecule has 2 aromatic heterocycles. The van der Waals surface area contributed by atoms with Crippen molar-refractivity contribution in [3.63, 3.8) is 0 Å². The molecule has 30 heavy (non-hydrogen) atoms. The Bertz CT molecular complexity index is 867. The second-order valence-electron chi connectivity index (χ2n) is 6.95. The molecule has 2 atom stereocenters. The van der Waals surface area contributed by atoms with Crippen molar-refractivity contribution in [2.45, 2.75) is 45.8 Å². The van der Waals surface area contributed by atoms with Crippen LogP contribution in [0, 0.1) is 6.92 Å². The van der Waals surface area contributed by atoms with Crippen LogP contribution in [-0.4, -0.2) is 65.3 Å². The van der Waals surface area contributed by atoms with Gasteiger partial charge in [0, 0.05) is 19.7 Å². The molecule has 2 N–H and O–H groups in total. The summed E-state index contributed by atoms with van der Waals surface area (Å²) in [6.45, 7) is 7.70. The van der Waals surface area contributed by atoms with Gasteiger partial charge in [0.1, 0.15) is 4.88 Å². The molecule has 0 aromatic carbocycles. The number of piperidine rings is 1. The number of nitrogens with zero attached hydrogens (tertiary/aromatic N) is 3. The first-order chi connectivity index (χ1) is 14.4. The molecule has 3 heterocycles. The summed E-state index contributed by atoms with van der Waals surface area (Å²) in [4.78, 5) is 38.4. The largest absolute Gasteiger partial charge is 0.462 e. The van der Waals surface area contributed by atoms with E-state index >= 15 is 0 Å². The maximum Gasteiger partial charge on any atom is 0.350 e. The number of imidazole rings is 1. The van der Waals surface area contributed by atoms with Crippen molar-refractivity contribution in [3.8, 4) is 0 Å². The molecule has 11 heteroatoms. The third-order valence-corrected chi connectivity index (χ3v) is 6.10. The Morgan fingerprint density at radius 3 is 2.90 bits per heavy atom. The van der Waals surface area contributed by atoms with Crippen LogP contribution in [0.2, 0.25) is 5.15 Å². The molecule has 0 unspecified atom stereocenters. The zero-order chi connectivity index (χ0) is 21.7. The van der Waals surface area contributed by atoms with E-state index in [0.717, 1.165) is 11.6 Å². The highest BCUT2D eigenvalue weighted by Gasteiger charge is 2.33. The first-order valence-electron chi connectivity index (χ1n) is 9.95. The second kappa shape index (κ2) is 10.2. The summed E-state index contributed by atoms with van der Waals surface area (Å²) in [5.41, 5.74) is 0.650. The van der Waals surface area contributed by atoms with Gasteiger partial charge in [0.05, 0.1) is 30.6 Å². The van der Waals surface area contributed by atoms with Crippen LogP contribution < -0.4 is 10.2 Å². The lowest BCUT2D eigenvalue weighted by Gasteiger charge is -2.38. The number of ether oxygens (including phenoxy) is 2. The van der Waals surface area contributed by atoms with E-state index in [1.165, 1.54) is 17.5 Å². The molecule has 0 saturated carbocycles. The summed E-state index contributed by atoms with van der Waals surface area (Å²) >= 11 is 7.25. The van der Waals surface area contributed by atoms with Gasteiger partial charge in [-0.3, -0.25) is 4.79 Å². The van der Waals surface area contributed by atoms with E-state index in [0.29, 0.717) is 43.3 Å². The number of H-pyrrole nitrogens is 1. The molecule has 1 aliphatic heterocycles.